The molecule has 0 amide bonds. The van der Waals surface area contributed by atoms with Crippen molar-refractivity contribution in [1.82, 2.24) is 0 Å². The Labute approximate surface area is 255 Å². The van der Waals surface area contributed by atoms with E-state index in [1.165, 1.54) is 12.1 Å². The Kier molecular flexibility index (Phi) is 16.5. The number of esters is 2. The summed E-state index contributed by atoms with van der Waals surface area (Å²) in [5.41, 5.74) is 6.66. The summed E-state index contributed by atoms with van der Waals surface area (Å²) in [6.45, 7) is 7.79. The number of carbonyl (C=O) groups excluding carboxylic acids is 4. The molecule has 0 heterocycles. The van der Waals surface area contributed by atoms with E-state index in [0.29, 0.717) is 18.4 Å². The predicted octanol–water partition coefficient (Wildman–Crippen LogP) is 6.41. The third-order valence-electron chi connectivity index (χ3n) is 7.29. The molecule has 3 atom stereocenters. The summed E-state index contributed by atoms with van der Waals surface area (Å²) in [5.74, 6) is -1.18. The Bertz CT molecular complexity index is 1020. The van der Waals surface area contributed by atoms with Crippen molar-refractivity contribution in [3.05, 3.63) is 23.8 Å². The van der Waals surface area contributed by atoms with Crippen LogP contribution >= 0.6 is 0 Å². The molecule has 0 spiro atoms. The summed E-state index contributed by atoms with van der Waals surface area (Å²) in [4.78, 5) is 49.7. The van der Waals surface area contributed by atoms with Gasteiger partial charge in [0.15, 0.2) is 11.5 Å². The second kappa shape index (κ2) is 19.8. The van der Waals surface area contributed by atoms with Crippen LogP contribution in [0.2, 0.25) is 0 Å². The molecule has 0 bridgehead atoms. The van der Waals surface area contributed by atoms with Crippen molar-refractivity contribution in [2.45, 2.75) is 123 Å². The molecule has 1 aliphatic rings. The van der Waals surface area contributed by atoms with Gasteiger partial charge < -0.3 is 34.2 Å². The van der Waals surface area contributed by atoms with Crippen LogP contribution in [-0.4, -0.2) is 55.7 Å². The Hall–Kier alpha value is -3.34. The lowest BCUT2D eigenvalue weighted by atomic mass is 9.89. The highest BCUT2D eigenvalue weighted by molar-refractivity contribution is 5.76. The zero-order chi connectivity index (χ0) is 31.6. The first kappa shape index (κ1) is 35.9. The van der Waals surface area contributed by atoms with E-state index in [2.05, 4.69) is 0 Å². The van der Waals surface area contributed by atoms with Gasteiger partial charge >= 0.3 is 24.2 Å². The third-order valence-corrected chi connectivity index (χ3v) is 7.29. The van der Waals surface area contributed by atoms with Gasteiger partial charge in [0.05, 0.1) is 19.1 Å². The molecule has 0 radical (unpaired) electrons. The van der Waals surface area contributed by atoms with E-state index in [-0.39, 0.29) is 43.0 Å². The number of hydrogen-bond donors (Lipinski definition) is 1. The van der Waals surface area contributed by atoms with Crippen molar-refractivity contribution in [3.8, 4) is 11.5 Å². The van der Waals surface area contributed by atoms with E-state index in [1.807, 2.05) is 13.8 Å². The first-order chi connectivity index (χ1) is 20.6. The first-order valence-electron chi connectivity index (χ1n) is 15.6. The van der Waals surface area contributed by atoms with Gasteiger partial charge in [0, 0.05) is 0 Å². The average Bonchev–Trinajstić information content (AvgIpc) is 2.99. The number of benzene rings is 1. The van der Waals surface area contributed by atoms with Crippen LogP contribution in [-0.2, 0) is 35.0 Å². The molecule has 2 N–H and O–H groups in total. The summed E-state index contributed by atoms with van der Waals surface area (Å²) < 4.78 is 31.9. The Morgan fingerprint density at radius 3 is 1.93 bits per heavy atom. The van der Waals surface area contributed by atoms with E-state index < -0.39 is 36.5 Å². The minimum atomic E-state index is -1.06. The second-order valence-corrected chi connectivity index (χ2v) is 11.0. The Morgan fingerprint density at radius 1 is 0.791 bits per heavy atom. The van der Waals surface area contributed by atoms with Crippen LogP contribution in [0.1, 0.15) is 104 Å². The van der Waals surface area contributed by atoms with Gasteiger partial charge in [0.1, 0.15) is 18.2 Å². The lowest BCUT2D eigenvalue weighted by Crippen LogP contribution is -2.40. The summed E-state index contributed by atoms with van der Waals surface area (Å²) in [6, 6.07) is 3.39. The summed E-state index contributed by atoms with van der Waals surface area (Å²) in [5, 5.41) is 0. The van der Waals surface area contributed by atoms with Crippen molar-refractivity contribution >= 4 is 24.2 Å². The van der Waals surface area contributed by atoms with Crippen molar-refractivity contribution in [2.75, 3.05) is 13.2 Å². The summed E-state index contributed by atoms with van der Waals surface area (Å²) >= 11 is 0. The summed E-state index contributed by atoms with van der Waals surface area (Å²) in [6.07, 6.45) is 6.72. The minimum absolute atomic E-state index is 0.0332. The molecule has 1 aromatic rings. The van der Waals surface area contributed by atoms with E-state index in [1.54, 1.807) is 19.9 Å². The van der Waals surface area contributed by atoms with E-state index >= 15 is 0 Å². The van der Waals surface area contributed by atoms with Crippen molar-refractivity contribution in [1.29, 1.82) is 0 Å². The maximum atomic E-state index is 12.8. The molecule has 1 aromatic carbocycles. The standard InChI is InChI=1S/C32H49NO10/c1-5-7-12-18-38-31(36)42-27-17-16-24(21-28(27)43-32(37)39-19-13-8-6-2)20-26(33)30(35)41-23(4)22(3)40-29(34)25-14-10-9-11-15-25/h16-17,21-23,25-26H,5-15,18-20,33H2,1-4H3/t22?,23-,26-/m0/s1. The van der Waals surface area contributed by atoms with Crippen molar-refractivity contribution in [3.63, 3.8) is 0 Å². The molecular formula is C32H49NO10. The maximum absolute atomic E-state index is 12.8. The zero-order valence-corrected chi connectivity index (χ0v) is 26.1. The maximum Gasteiger partial charge on any atom is 0.513 e. The molecule has 1 aliphatic carbocycles. The monoisotopic (exact) mass is 607 g/mol. The third kappa shape index (κ3) is 13.7. The van der Waals surface area contributed by atoms with Crippen LogP contribution < -0.4 is 15.2 Å². The van der Waals surface area contributed by atoms with Crippen LogP contribution in [0.3, 0.4) is 0 Å². The molecule has 2 rings (SSSR count). The Morgan fingerprint density at radius 2 is 1.35 bits per heavy atom. The molecule has 11 nitrogen and oxygen atoms in total. The molecule has 242 valence electrons. The fourth-order valence-corrected chi connectivity index (χ4v) is 4.51. The van der Waals surface area contributed by atoms with Gasteiger partial charge in [-0.15, -0.1) is 0 Å². The smallest absolute Gasteiger partial charge is 0.459 e. The van der Waals surface area contributed by atoms with Gasteiger partial charge in [-0.25, -0.2) is 9.59 Å². The van der Waals surface area contributed by atoms with Gasteiger partial charge in [-0.05, 0) is 63.6 Å². The predicted molar refractivity (Wildman–Crippen MR) is 159 cm³/mol. The number of carbonyl (C=O) groups is 4. The normalized spacial score (nSPS) is 15.5. The van der Waals surface area contributed by atoms with E-state index in [0.717, 1.165) is 57.8 Å². The quantitative estimate of drug-likeness (QED) is 0.0905. The van der Waals surface area contributed by atoms with Gasteiger partial charge in [-0.3, -0.25) is 9.59 Å². The number of unbranched alkanes of at least 4 members (excludes halogenated alkanes) is 4. The lowest BCUT2D eigenvalue weighted by Gasteiger charge is -2.26. The minimum Gasteiger partial charge on any atom is -0.459 e. The molecule has 0 saturated heterocycles. The van der Waals surface area contributed by atoms with Crippen molar-refractivity contribution < 1.29 is 47.6 Å². The van der Waals surface area contributed by atoms with E-state index in [4.69, 9.17) is 34.2 Å². The van der Waals surface area contributed by atoms with Crippen molar-refractivity contribution in [2.24, 2.45) is 11.7 Å². The molecule has 1 fully saturated rings. The highest BCUT2D eigenvalue weighted by Gasteiger charge is 2.28. The van der Waals surface area contributed by atoms with Gasteiger partial charge in [-0.2, -0.15) is 0 Å². The largest absolute Gasteiger partial charge is 0.513 e. The van der Waals surface area contributed by atoms with Gasteiger partial charge in [0.2, 0.25) is 0 Å². The molecule has 0 aromatic heterocycles. The number of hydrogen-bond acceptors (Lipinski definition) is 11. The average molecular weight is 608 g/mol. The van der Waals surface area contributed by atoms with Crippen LogP contribution in [0.15, 0.2) is 18.2 Å². The fraction of sp³-hybridized carbons (Fsp3) is 0.688. The molecule has 43 heavy (non-hydrogen) atoms. The number of nitrogens with two attached hydrogens (primary N) is 1. The molecular weight excluding hydrogens is 558 g/mol. The molecule has 0 aliphatic heterocycles. The molecule has 1 saturated carbocycles. The van der Waals surface area contributed by atoms with Crippen LogP contribution in [0.4, 0.5) is 9.59 Å². The number of ether oxygens (including phenoxy) is 6. The highest BCUT2D eigenvalue weighted by Crippen LogP contribution is 2.30. The fourth-order valence-electron chi connectivity index (χ4n) is 4.51. The van der Waals surface area contributed by atoms with Crippen LogP contribution in [0.5, 0.6) is 11.5 Å². The second-order valence-electron chi connectivity index (χ2n) is 11.0. The highest BCUT2D eigenvalue weighted by atomic mass is 16.7. The first-order valence-corrected chi connectivity index (χ1v) is 15.6. The zero-order valence-electron chi connectivity index (χ0n) is 26.1. The summed E-state index contributed by atoms with van der Waals surface area (Å²) in [7, 11) is 0. The topological polar surface area (TPSA) is 150 Å². The lowest BCUT2D eigenvalue weighted by molar-refractivity contribution is -0.169. The SMILES string of the molecule is CCCCCOC(=O)Oc1ccc(C[C@H](N)C(=O)O[C@@H](C)C(C)OC(=O)C2CCCCC2)cc1OC(=O)OCCCCC. The van der Waals surface area contributed by atoms with Crippen LogP contribution in [0, 0.1) is 5.92 Å². The van der Waals surface area contributed by atoms with Gasteiger partial charge in [-0.1, -0.05) is 64.9 Å². The number of rotatable bonds is 17. The molecule has 1 unspecified atom stereocenters. The Balaban J connectivity index is 2.00. The molecule has 11 heteroatoms. The van der Waals surface area contributed by atoms with E-state index in [9.17, 15) is 19.2 Å². The van der Waals surface area contributed by atoms with Crippen LogP contribution in [0.25, 0.3) is 0 Å². The van der Waals surface area contributed by atoms with Gasteiger partial charge in [0.25, 0.3) is 0 Å².